The molecule has 0 spiro atoms. The first-order valence-electron chi connectivity index (χ1n) is 11.3. The molecule has 1 aliphatic heterocycles. The molecule has 1 aliphatic rings. The first-order valence-corrected chi connectivity index (χ1v) is 12.1. The molecule has 8 heteroatoms. The third-order valence-corrected chi connectivity index (χ3v) is 6.54. The summed E-state index contributed by atoms with van der Waals surface area (Å²) in [6.45, 7) is 5.28. The lowest BCUT2D eigenvalue weighted by molar-refractivity contribution is -0.140. The van der Waals surface area contributed by atoms with Crippen LogP contribution in [-0.2, 0) is 19.1 Å². The number of hydrogen-bond donors (Lipinski definition) is 1. The lowest BCUT2D eigenvalue weighted by Gasteiger charge is -2.27. The lowest BCUT2D eigenvalue weighted by atomic mass is 9.83. The number of benzene rings is 2. The maximum absolute atomic E-state index is 13.5. The van der Waals surface area contributed by atoms with Gasteiger partial charge in [0, 0.05) is 0 Å². The number of carbonyl (C=O) groups excluding carboxylic acids is 2. The molecule has 1 aromatic heterocycles. The van der Waals surface area contributed by atoms with Crippen LogP contribution in [0.1, 0.15) is 37.8 Å². The van der Waals surface area contributed by atoms with E-state index in [4.69, 9.17) is 15.2 Å². The zero-order valence-corrected chi connectivity index (χ0v) is 20.5. The van der Waals surface area contributed by atoms with Crippen LogP contribution in [0.25, 0.3) is 17.5 Å². The second-order valence-electron chi connectivity index (χ2n) is 8.20. The van der Waals surface area contributed by atoms with Crippen molar-refractivity contribution in [1.29, 1.82) is 0 Å². The van der Waals surface area contributed by atoms with Gasteiger partial charge in [0.1, 0.15) is 10.5 Å². The van der Waals surface area contributed by atoms with Crippen LogP contribution in [0.5, 0.6) is 0 Å². The van der Waals surface area contributed by atoms with E-state index >= 15 is 0 Å². The summed E-state index contributed by atoms with van der Waals surface area (Å²) in [5, 5.41) is 0. The van der Waals surface area contributed by atoms with Crippen molar-refractivity contribution < 1.29 is 19.1 Å². The largest absolute Gasteiger partial charge is 0.463 e. The van der Waals surface area contributed by atoms with Crippen LogP contribution in [0.15, 0.2) is 71.0 Å². The molecule has 2 aromatic carbocycles. The topological polar surface area (TPSA) is 101 Å². The SMILES string of the molecule is CCOC(=O)C1=C(N)n2c(s/c(=C/c3ccccc3)c2=O)=C(C(=O)OC(C)C)[C@@H]1c1ccccc1. The summed E-state index contributed by atoms with van der Waals surface area (Å²) < 4.78 is 12.8. The van der Waals surface area contributed by atoms with Crippen LogP contribution in [0, 0.1) is 0 Å². The average molecular weight is 491 g/mol. The fourth-order valence-corrected chi connectivity index (χ4v) is 5.18. The fourth-order valence-electron chi connectivity index (χ4n) is 4.01. The van der Waals surface area contributed by atoms with E-state index in [1.165, 1.54) is 4.57 Å². The van der Waals surface area contributed by atoms with Crippen molar-refractivity contribution in [3.05, 3.63) is 96.9 Å². The highest BCUT2D eigenvalue weighted by Crippen LogP contribution is 2.37. The average Bonchev–Trinajstić information content (AvgIpc) is 3.15. The molecule has 2 heterocycles. The summed E-state index contributed by atoms with van der Waals surface area (Å²) >= 11 is 1.14. The minimum atomic E-state index is -0.857. The molecule has 3 aromatic rings. The predicted octanol–water partition coefficient (Wildman–Crippen LogP) is 2.33. The van der Waals surface area contributed by atoms with Crippen LogP contribution in [0.2, 0.25) is 0 Å². The molecule has 35 heavy (non-hydrogen) atoms. The Morgan fingerprint density at radius 3 is 2.26 bits per heavy atom. The van der Waals surface area contributed by atoms with Crippen molar-refractivity contribution in [3.8, 4) is 0 Å². The molecule has 0 saturated carbocycles. The number of rotatable bonds is 6. The van der Waals surface area contributed by atoms with Gasteiger partial charge in [-0.05, 0) is 38.0 Å². The highest BCUT2D eigenvalue weighted by atomic mass is 32.1. The highest BCUT2D eigenvalue weighted by molar-refractivity contribution is 7.07. The van der Waals surface area contributed by atoms with Gasteiger partial charge in [-0.25, -0.2) is 9.59 Å². The molecule has 4 rings (SSSR count). The standard InChI is InChI=1S/C27H26N2O5S/c1-4-33-26(31)21-20(18-13-9-6-10-14-18)22(27(32)34-16(2)3)25-29(23(21)28)24(30)19(35-25)15-17-11-7-5-8-12-17/h5-16,20H,4,28H2,1-3H3/b19-15+/t20-/m1/s1. The molecule has 0 saturated heterocycles. The quantitative estimate of drug-likeness (QED) is 0.533. The molecule has 0 bridgehead atoms. The lowest BCUT2D eigenvalue weighted by Crippen LogP contribution is -2.42. The Morgan fingerprint density at radius 1 is 1.03 bits per heavy atom. The van der Waals surface area contributed by atoms with E-state index in [9.17, 15) is 14.4 Å². The molecule has 2 N–H and O–H groups in total. The maximum atomic E-state index is 13.5. The molecule has 0 radical (unpaired) electrons. The second kappa shape index (κ2) is 10.1. The summed E-state index contributed by atoms with van der Waals surface area (Å²) in [5.74, 6) is -2.22. The van der Waals surface area contributed by atoms with Crippen LogP contribution in [0.3, 0.4) is 0 Å². The van der Waals surface area contributed by atoms with Gasteiger partial charge in [0.25, 0.3) is 5.56 Å². The van der Waals surface area contributed by atoms with E-state index < -0.39 is 29.5 Å². The van der Waals surface area contributed by atoms with Gasteiger partial charge in [-0.1, -0.05) is 60.7 Å². The second-order valence-corrected chi connectivity index (χ2v) is 9.23. The predicted molar refractivity (Wildman–Crippen MR) is 136 cm³/mol. The number of nitrogens with zero attached hydrogens (tertiary/aromatic N) is 1. The maximum Gasteiger partial charge on any atom is 0.338 e. The normalized spacial score (nSPS) is 15.8. The van der Waals surface area contributed by atoms with Gasteiger partial charge in [0.15, 0.2) is 0 Å². The first kappa shape index (κ1) is 24.2. The molecule has 1 atom stereocenters. The number of hydrogen-bond acceptors (Lipinski definition) is 7. The highest BCUT2D eigenvalue weighted by Gasteiger charge is 2.40. The third kappa shape index (κ3) is 4.70. The van der Waals surface area contributed by atoms with Gasteiger partial charge in [0.2, 0.25) is 0 Å². The van der Waals surface area contributed by atoms with Crippen molar-refractivity contribution in [2.24, 2.45) is 5.73 Å². The van der Waals surface area contributed by atoms with E-state index in [0.717, 1.165) is 16.9 Å². The summed E-state index contributed by atoms with van der Waals surface area (Å²) in [4.78, 5) is 40.1. The molecule has 0 unspecified atom stereocenters. The van der Waals surface area contributed by atoms with Gasteiger partial charge < -0.3 is 15.2 Å². The Balaban J connectivity index is 2.11. The van der Waals surface area contributed by atoms with E-state index in [2.05, 4.69) is 0 Å². The van der Waals surface area contributed by atoms with Crippen LogP contribution in [-0.4, -0.2) is 29.2 Å². The third-order valence-electron chi connectivity index (χ3n) is 5.44. The van der Waals surface area contributed by atoms with Gasteiger partial charge in [-0.3, -0.25) is 9.36 Å². The number of carbonyl (C=O) groups is 2. The Bertz CT molecular complexity index is 1470. The van der Waals surface area contributed by atoms with Crippen molar-refractivity contribution in [2.75, 3.05) is 6.61 Å². The van der Waals surface area contributed by atoms with Crippen LogP contribution < -0.4 is 20.5 Å². The zero-order valence-electron chi connectivity index (χ0n) is 19.7. The monoisotopic (exact) mass is 490 g/mol. The number of aromatic nitrogens is 1. The van der Waals surface area contributed by atoms with Crippen molar-refractivity contribution >= 4 is 40.7 Å². The Labute approximate surface area is 206 Å². The van der Waals surface area contributed by atoms with Crippen molar-refractivity contribution in [2.45, 2.75) is 32.8 Å². The Kier molecular flexibility index (Phi) is 7.02. The zero-order chi connectivity index (χ0) is 25.1. The van der Waals surface area contributed by atoms with Crippen molar-refractivity contribution in [1.82, 2.24) is 4.57 Å². The number of thiazole rings is 1. The van der Waals surface area contributed by atoms with Crippen molar-refractivity contribution in [3.63, 3.8) is 0 Å². The Morgan fingerprint density at radius 2 is 1.66 bits per heavy atom. The van der Waals surface area contributed by atoms with Gasteiger partial charge in [0.05, 0.1) is 34.3 Å². The summed E-state index contributed by atoms with van der Waals surface area (Å²) in [5.41, 5.74) is 7.76. The number of fused-ring (bicyclic) bond motifs is 1. The van der Waals surface area contributed by atoms with Crippen LogP contribution >= 0.6 is 11.3 Å². The van der Waals surface area contributed by atoms with Crippen LogP contribution in [0.4, 0.5) is 0 Å². The molecule has 7 nitrogen and oxygen atoms in total. The number of esters is 2. The van der Waals surface area contributed by atoms with E-state index in [-0.39, 0.29) is 23.6 Å². The minimum absolute atomic E-state index is 0.0346. The molecule has 0 amide bonds. The molecule has 180 valence electrons. The van der Waals surface area contributed by atoms with E-state index in [0.29, 0.717) is 14.8 Å². The van der Waals surface area contributed by atoms with Gasteiger partial charge in [-0.15, -0.1) is 11.3 Å². The molecule has 0 aliphatic carbocycles. The number of ether oxygens (including phenoxy) is 2. The van der Waals surface area contributed by atoms with Gasteiger partial charge >= 0.3 is 11.9 Å². The molecular formula is C27H26N2O5S. The van der Waals surface area contributed by atoms with Gasteiger partial charge in [-0.2, -0.15) is 0 Å². The summed E-state index contributed by atoms with van der Waals surface area (Å²) in [7, 11) is 0. The smallest absolute Gasteiger partial charge is 0.338 e. The first-order chi connectivity index (χ1) is 16.8. The minimum Gasteiger partial charge on any atom is -0.463 e. The summed E-state index contributed by atoms with van der Waals surface area (Å²) in [6, 6.07) is 18.4. The van der Waals surface area contributed by atoms with E-state index in [1.54, 1.807) is 39.0 Å². The summed E-state index contributed by atoms with van der Waals surface area (Å²) in [6.07, 6.45) is 1.33. The molecular weight excluding hydrogens is 464 g/mol. The van der Waals surface area contributed by atoms with E-state index in [1.807, 2.05) is 48.5 Å². The fraction of sp³-hybridized carbons (Fsp3) is 0.222. The molecule has 0 fully saturated rings. The Hall–Kier alpha value is -3.91. The number of nitrogens with two attached hydrogens (primary N) is 1.